The summed E-state index contributed by atoms with van der Waals surface area (Å²) >= 11 is 0. The van der Waals surface area contributed by atoms with Gasteiger partial charge in [-0.15, -0.1) is 0 Å². The third kappa shape index (κ3) is 4.89. The number of hydrogen-bond acceptors (Lipinski definition) is 6. The molecule has 0 unspecified atom stereocenters. The Bertz CT molecular complexity index is 1210. The fraction of sp³-hybridized carbons (Fsp3) is 0.346. The molecule has 0 radical (unpaired) electrons. The summed E-state index contributed by atoms with van der Waals surface area (Å²) in [5, 5.41) is 0. The average Bonchev–Trinajstić information content (AvgIpc) is 3.21. The van der Waals surface area contributed by atoms with Gasteiger partial charge in [0.2, 0.25) is 0 Å². The van der Waals surface area contributed by atoms with Crippen molar-refractivity contribution >= 4 is 17.0 Å². The van der Waals surface area contributed by atoms with Crippen LogP contribution in [0.3, 0.4) is 0 Å². The summed E-state index contributed by atoms with van der Waals surface area (Å²) in [6, 6.07) is 16.8. The fourth-order valence-electron chi connectivity index (χ4n) is 4.20. The van der Waals surface area contributed by atoms with E-state index in [4.69, 9.17) is 21.4 Å². The van der Waals surface area contributed by atoms with Gasteiger partial charge in [-0.3, -0.25) is 9.47 Å². The van der Waals surface area contributed by atoms with E-state index >= 15 is 0 Å². The molecule has 172 valence electrons. The number of aromatic nitrogens is 4. The van der Waals surface area contributed by atoms with Crippen LogP contribution in [0.2, 0.25) is 0 Å². The molecule has 0 amide bonds. The van der Waals surface area contributed by atoms with Crippen molar-refractivity contribution in [3.05, 3.63) is 66.0 Å². The van der Waals surface area contributed by atoms with Gasteiger partial charge in [0.25, 0.3) is 0 Å². The second-order valence-electron chi connectivity index (χ2n) is 8.28. The van der Waals surface area contributed by atoms with Crippen molar-refractivity contribution in [3.8, 4) is 17.1 Å². The second-order valence-corrected chi connectivity index (χ2v) is 8.28. The van der Waals surface area contributed by atoms with Gasteiger partial charge in [0.05, 0.1) is 5.56 Å². The molecule has 33 heavy (non-hydrogen) atoms. The zero-order chi connectivity index (χ0) is 23.4. The molecular weight excluding hydrogens is 410 g/mol. The number of imidazole rings is 1. The van der Waals surface area contributed by atoms with Crippen LogP contribution < -0.4 is 11.5 Å². The maximum Gasteiger partial charge on any atom is 0.165 e. The molecule has 3 aromatic heterocycles. The number of nitrogen functional groups attached to an aromatic ring is 1. The van der Waals surface area contributed by atoms with Crippen LogP contribution in [-0.2, 0) is 6.54 Å². The molecular formula is C26H33N7. The normalized spacial score (nSPS) is 14.8. The van der Waals surface area contributed by atoms with Crippen LogP contribution in [0.1, 0.15) is 37.9 Å². The van der Waals surface area contributed by atoms with Crippen molar-refractivity contribution in [2.75, 3.05) is 18.8 Å². The highest BCUT2D eigenvalue weighted by Gasteiger charge is 2.19. The van der Waals surface area contributed by atoms with Crippen molar-refractivity contribution in [2.45, 2.75) is 46.2 Å². The minimum Gasteiger partial charge on any atom is -0.383 e. The number of rotatable bonds is 4. The number of pyridine rings is 2. The highest BCUT2D eigenvalue weighted by Crippen LogP contribution is 2.30. The van der Waals surface area contributed by atoms with E-state index in [9.17, 15) is 0 Å². The maximum absolute atomic E-state index is 6.19. The Morgan fingerprint density at radius 2 is 1.70 bits per heavy atom. The minimum atomic E-state index is 0.349. The largest absolute Gasteiger partial charge is 0.383 e. The molecule has 0 aliphatic carbocycles. The van der Waals surface area contributed by atoms with Crippen molar-refractivity contribution in [2.24, 2.45) is 5.73 Å². The number of nitrogens with two attached hydrogens (primary N) is 2. The number of aryl methyl sites for hydroxylation is 1. The van der Waals surface area contributed by atoms with Crippen LogP contribution >= 0.6 is 0 Å². The Labute approximate surface area is 195 Å². The van der Waals surface area contributed by atoms with Crippen molar-refractivity contribution < 1.29 is 0 Å². The first-order chi connectivity index (χ1) is 16.1. The molecule has 1 saturated heterocycles. The molecule has 1 aliphatic heterocycles. The van der Waals surface area contributed by atoms with Crippen LogP contribution in [0.4, 0.5) is 5.82 Å². The first kappa shape index (κ1) is 22.9. The molecule has 5 rings (SSSR count). The summed E-state index contributed by atoms with van der Waals surface area (Å²) in [5.74, 6) is 1.20. The molecule has 4 N–H and O–H groups in total. The van der Waals surface area contributed by atoms with Crippen LogP contribution in [-0.4, -0.2) is 43.6 Å². The highest BCUT2D eigenvalue weighted by molar-refractivity contribution is 5.82. The van der Waals surface area contributed by atoms with Gasteiger partial charge in [0.15, 0.2) is 11.5 Å². The van der Waals surface area contributed by atoms with Gasteiger partial charge in [-0.05, 0) is 74.8 Å². The molecule has 0 bridgehead atoms. The predicted molar refractivity (Wildman–Crippen MR) is 135 cm³/mol. The monoisotopic (exact) mass is 443 g/mol. The minimum absolute atomic E-state index is 0.349. The van der Waals surface area contributed by atoms with Gasteiger partial charge in [-0.2, -0.15) is 0 Å². The van der Waals surface area contributed by atoms with Crippen LogP contribution in [0, 0.1) is 6.92 Å². The lowest BCUT2D eigenvalue weighted by atomic mass is 10.1. The van der Waals surface area contributed by atoms with Crippen LogP contribution in [0.5, 0.6) is 0 Å². The summed E-state index contributed by atoms with van der Waals surface area (Å²) in [5.41, 5.74) is 17.9. The lowest BCUT2D eigenvalue weighted by Gasteiger charge is -2.30. The van der Waals surface area contributed by atoms with Crippen molar-refractivity contribution in [3.63, 3.8) is 0 Å². The number of anilines is 1. The van der Waals surface area contributed by atoms with E-state index in [1.807, 2.05) is 45.0 Å². The van der Waals surface area contributed by atoms with Crippen molar-refractivity contribution in [1.82, 2.24) is 24.4 Å². The lowest BCUT2D eigenvalue weighted by molar-refractivity contribution is 0.205. The first-order valence-corrected chi connectivity index (χ1v) is 11.7. The number of hydrogen-bond donors (Lipinski definition) is 2. The molecule has 0 spiro atoms. The molecule has 7 nitrogen and oxygen atoms in total. The van der Waals surface area contributed by atoms with E-state index in [0.29, 0.717) is 11.9 Å². The molecule has 1 aliphatic rings. The van der Waals surface area contributed by atoms with E-state index in [-0.39, 0.29) is 0 Å². The summed E-state index contributed by atoms with van der Waals surface area (Å²) in [7, 11) is 0. The standard InChI is InChI=1S/C24H27N7.C2H6/c1-16-4-9-21-24(28-16)31(23(29-21)20-3-2-12-27-22(20)26)19-7-5-17(6-8-19)15-30-13-10-18(25)11-14-30;1-2/h2-9,12,18H,10-11,13-15,25H2,1H3,(H2,26,27);1-2H3. The van der Waals surface area contributed by atoms with Gasteiger partial charge in [0.1, 0.15) is 11.3 Å². The van der Waals surface area contributed by atoms with Gasteiger partial charge in [-0.25, -0.2) is 15.0 Å². The van der Waals surface area contributed by atoms with E-state index < -0.39 is 0 Å². The van der Waals surface area contributed by atoms with Crippen LogP contribution in [0.25, 0.3) is 28.2 Å². The lowest BCUT2D eigenvalue weighted by Crippen LogP contribution is -2.39. The van der Waals surface area contributed by atoms with E-state index in [0.717, 1.165) is 66.4 Å². The number of likely N-dealkylation sites (tertiary alicyclic amines) is 1. The van der Waals surface area contributed by atoms with Gasteiger partial charge in [-0.1, -0.05) is 26.0 Å². The Morgan fingerprint density at radius 1 is 0.970 bits per heavy atom. The van der Waals surface area contributed by atoms with Gasteiger partial charge < -0.3 is 11.5 Å². The maximum atomic E-state index is 6.19. The number of benzene rings is 1. The topological polar surface area (TPSA) is 98.9 Å². The predicted octanol–water partition coefficient (Wildman–Crippen LogP) is 4.32. The zero-order valence-corrected chi connectivity index (χ0v) is 19.7. The second kappa shape index (κ2) is 10.1. The number of piperidine rings is 1. The molecule has 7 heteroatoms. The summed E-state index contributed by atoms with van der Waals surface area (Å²) < 4.78 is 2.07. The Balaban J connectivity index is 0.00000126. The molecule has 0 saturated carbocycles. The van der Waals surface area contributed by atoms with Crippen molar-refractivity contribution in [1.29, 1.82) is 0 Å². The molecule has 1 aromatic carbocycles. The van der Waals surface area contributed by atoms with Gasteiger partial charge >= 0.3 is 0 Å². The number of nitrogens with zero attached hydrogens (tertiary/aromatic N) is 5. The van der Waals surface area contributed by atoms with E-state index in [2.05, 4.69) is 38.7 Å². The average molecular weight is 444 g/mol. The summed E-state index contributed by atoms with van der Waals surface area (Å²) in [6.45, 7) is 9.05. The number of fused-ring (bicyclic) bond motifs is 1. The Hall–Kier alpha value is -3.29. The third-order valence-electron chi connectivity index (χ3n) is 5.96. The molecule has 4 aromatic rings. The fourth-order valence-corrected chi connectivity index (χ4v) is 4.20. The van der Waals surface area contributed by atoms with Crippen LogP contribution in [0.15, 0.2) is 54.7 Å². The Kier molecular flexibility index (Phi) is 7.01. The van der Waals surface area contributed by atoms with E-state index in [1.165, 1.54) is 5.56 Å². The van der Waals surface area contributed by atoms with Gasteiger partial charge in [0, 0.05) is 30.2 Å². The Morgan fingerprint density at radius 3 is 2.39 bits per heavy atom. The smallest absolute Gasteiger partial charge is 0.165 e. The SMILES string of the molecule is CC.Cc1ccc2nc(-c3cccnc3N)n(-c3ccc(CN4CCC(N)CC4)cc3)c2n1. The summed E-state index contributed by atoms with van der Waals surface area (Å²) in [4.78, 5) is 16.3. The highest BCUT2D eigenvalue weighted by atomic mass is 15.1. The molecule has 1 fully saturated rings. The molecule has 4 heterocycles. The quantitative estimate of drug-likeness (QED) is 0.487. The first-order valence-electron chi connectivity index (χ1n) is 11.7. The zero-order valence-electron chi connectivity index (χ0n) is 19.7. The summed E-state index contributed by atoms with van der Waals surface area (Å²) in [6.07, 6.45) is 3.83. The molecule has 0 atom stereocenters. The third-order valence-corrected chi connectivity index (χ3v) is 5.96. The van der Waals surface area contributed by atoms with E-state index in [1.54, 1.807) is 6.20 Å².